The van der Waals surface area contributed by atoms with Crippen molar-refractivity contribution in [2.45, 2.75) is 37.5 Å². The lowest BCUT2D eigenvalue weighted by atomic mass is 10.1. The summed E-state index contributed by atoms with van der Waals surface area (Å²) in [6.07, 6.45) is 3.73. The largest absolute Gasteiger partial charge is 0.322 e. The number of anilines is 1. The van der Waals surface area contributed by atoms with Gasteiger partial charge >= 0.3 is 0 Å². The van der Waals surface area contributed by atoms with E-state index in [1.54, 1.807) is 0 Å². The number of rotatable bonds is 6. The molecule has 0 aromatic heterocycles. The van der Waals surface area contributed by atoms with Gasteiger partial charge in [0.2, 0.25) is 10.0 Å². The van der Waals surface area contributed by atoms with Crippen LogP contribution in [-0.4, -0.2) is 31.7 Å². The van der Waals surface area contributed by atoms with Crippen LogP contribution in [-0.2, 0) is 16.4 Å². The average Bonchev–Trinajstić information content (AvgIpc) is 3.19. The van der Waals surface area contributed by atoms with Crippen LogP contribution in [0.3, 0.4) is 0 Å². The molecule has 1 heterocycles. The molecule has 0 saturated carbocycles. The fraction of sp³-hybridized carbons (Fsp3) is 0.350. The maximum absolute atomic E-state index is 12.8. The van der Waals surface area contributed by atoms with E-state index < -0.39 is 10.0 Å². The number of amides is 1. The molecule has 2 aromatic rings. The van der Waals surface area contributed by atoms with Gasteiger partial charge in [-0.25, -0.2) is 8.42 Å². The normalized spacial score (nSPS) is 15.0. The number of benzene rings is 2. The van der Waals surface area contributed by atoms with Crippen molar-refractivity contribution < 1.29 is 13.2 Å². The summed E-state index contributed by atoms with van der Waals surface area (Å²) in [4.78, 5) is 12.6. The standard InChI is InChI=1S/C20H23ClN2O3S/c1-2-5-15-6-9-17(10-7-15)22-20(24)16-8-11-18(21)19(14-16)27(25,26)23-12-3-4-13-23/h6-11,14H,2-5,12-13H2,1H3,(H,22,24). The van der Waals surface area contributed by atoms with Gasteiger partial charge in [0.05, 0.1) is 5.02 Å². The SMILES string of the molecule is CCCc1ccc(NC(=O)c2ccc(Cl)c(S(=O)(=O)N3CCCC3)c2)cc1. The predicted molar refractivity (Wildman–Crippen MR) is 108 cm³/mol. The molecular weight excluding hydrogens is 384 g/mol. The van der Waals surface area contributed by atoms with Crippen LogP contribution in [0.15, 0.2) is 47.4 Å². The number of nitrogens with zero attached hydrogens (tertiary/aromatic N) is 1. The number of hydrogen-bond acceptors (Lipinski definition) is 3. The lowest BCUT2D eigenvalue weighted by Gasteiger charge is -2.17. The first-order valence-electron chi connectivity index (χ1n) is 9.12. The molecule has 1 amide bonds. The summed E-state index contributed by atoms with van der Waals surface area (Å²) in [6, 6.07) is 12.0. The van der Waals surface area contributed by atoms with Crippen LogP contribution in [0.2, 0.25) is 5.02 Å². The van der Waals surface area contributed by atoms with E-state index >= 15 is 0 Å². The Morgan fingerprint density at radius 3 is 2.41 bits per heavy atom. The number of carbonyl (C=O) groups excluding carboxylic acids is 1. The Hall–Kier alpha value is -1.89. The van der Waals surface area contributed by atoms with Crippen LogP contribution < -0.4 is 5.32 Å². The van der Waals surface area contributed by atoms with Crippen molar-refractivity contribution in [1.29, 1.82) is 0 Å². The minimum Gasteiger partial charge on any atom is -0.322 e. The molecule has 0 aliphatic carbocycles. The first-order chi connectivity index (χ1) is 12.9. The Morgan fingerprint density at radius 1 is 1.11 bits per heavy atom. The van der Waals surface area contributed by atoms with E-state index in [0.29, 0.717) is 18.8 Å². The third-order valence-electron chi connectivity index (χ3n) is 4.63. The molecule has 1 fully saturated rings. The molecule has 27 heavy (non-hydrogen) atoms. The molecular formula is C20H23ClN2O3S. The molecule has 0 bridgehead atoms. The Bertz CT molecular complexity index is 921. The van der Waals surface area contributed by atoms with Crippen LogP contribution in [0, 0.1) is 0 Å². The fourth-order valence-corrected chi connectivity index (χ4v) is 5.17. The number of sulfonamides is 1. The third kappa shape index (κ3) is 4.51. The highest BCUT2D eigenvalue weighted by Crippen LogP contribution is 2.28. The quantitative estimate of drug-likeness (QED) is 0.776. The summed E-state index contributed by atoms with van der Waals surface area (Å²) in [5, 5.41) is 2.93. The number of halogens is 1. The summed E-state index contributed by atoms with van der Waals surface area (Å²) in [5.41, 5.74) is 2.13. The van der Waals surface area contributed by atoms with Gasteiger partial charge in [0.1, 0.15) is 4.90 Å². The van der Waals surface area contributed by atoms with E-state index in [0.717, 1.165) is 25.7 Å². The molecule has 1 aliphatic heterocycles. The van der Waals surface area contributed by atoms with Gasteiger partial charge in [-0.1, -0.05) is 37.1 Å². The lowest BCUT2D eigenvalue weighted by Crippen LogP contribution is -2.28. The van der Waals surface area contributed by atoms with Crippen molar-refractivity contribution in [3.05, 3.63) is 58.6 Å². The molecule has 1 aliphatic rings. The maximum atomic E-state index is 12.8. The molecule has 2 aromatic carbocycles. The molecule has 0 atom stereocenters. The fourth-order valence-electron chi connectivity index (χ4n) is 3.16. The van der Waals surface area contributed by atoms with Gasteiger partial charge < -0.3 is 5.32 Å². The van der Waals surface area contributed by atoms with E-state index in [1.165, 1.54) is 28.1 Å². The molecule has 0 spiro atoms. The smallest absolute Gasteiger partial charge is 0.255 e. The first-order valence-corrected chi connectivity index (χ1v) is 10.9. The summed E-state index contributed by atoms with van der Waals surface area (Å²) in [6.45, 7) is 3.09. The molecule has 7 heteroatoms. The van der Waals surface area contributed by atoms with Gasteiger partial charge in [-0.2, -0.15) is 4.31 Å². The van der Waals surface area contributed by atoms with Crippen LogP contribution >= 0.6 is 11.6 Å². The highest BCUT2D eigenvalue weighted by Gasteiger charge is 2.29. The van der Waals surface area contributed by atoms with Crippen molar-refractivity contribution in [2.24, 2.45) is 0 Å². The van der Waals surface area contributed by atoms with E-state index in [4.69, 9.17) is 11.6 Å². The van der Waals surface area contributed by atoms with Gasteiger partial charge in [0.25, 0.3) is 5.91 Å². The molecule has 1 saturated heterocycles. The number of nitrogens with one attached hydrogen (secondary N) is 1. The zero-order valence-electron chi connectivity index (χ0n) is 15.2. The lowest BCUT2D eigenvalue weighted by molar-refractivity contribution is 0.102. The molecule has 0 unspecified atom stereocenters. The molecule has 0 radical (unpaired) electrons. The van der Waals surface area contributed by atoms with Crippen molar-refractivity contribution in [1.82, 2.24) is 4.31 Å². The Balaban J connectivity index is 1.81. The second kappa shape index (κ2) is 8.42. The van der Waals surface area contributed by atoms with Crippen LogP contribution in [0.25, 0.3) is 0 Å². The van der Waals surface area contributed by atoms with Gasteiger partial charge in [-0.15, -0.1) is 0 Å². The Morgan fingerprint density at radius 2 is 1.78 bits per heavy atom. The number of aryl methyl sites for hydroxylation is 1. The summed E-state index contributed by atoms with van der Waals surface area (Å²) < 4.78 is 27.0. The van der Waals surface area contributed by atoms with E-state index in [-0.39, 0.29) is 21.4 Å². The van der Waals surface area contributed by atoms with Crippen molar-refractivity contribution in [3.8, 4) is 0 Å². The summed E-state index contributed by atoms with van der Waals surface area (Å²) >= 11 is 6.13. The third-order valence-corrected chi connectivity index (χ3v) is 7.01. The second-order valence-electron chi connectivity index (χ2n) is 6.66. The summed E-state index contributed by atoms with van der Waals surface area (Å²) in [7, 11) is -3.69. The molecule has 5 nitrogen and oxygen atoms in total. The zero-order chi connectivity index (χ0) is 19.4. The minimum atomic E-state index is -3.69. The van der Waals surface area contributed by atoms with Gasteiger partial charge in [-0.3, -0.25) is 4.79 Å². The van der Waals surface area contributed by atoms with Crippen molar-refractivity contribution in [3.63, 3.8) is 0 Å². The second-order valence-corrected chi connectivity index (χ2v) is 8.97. The topological polar surface area (TPSA) is 66.5 Å². The van der Waals surface area contributed by atoms with Crippen molar-refractivity contribution in [2.75, 3.05) is 18.4 Å². The highest BCUT2D eigenvalue weighted by atomic mass is 35.5. The molecule has 3 rings (SSSR count). The highest BCUT2D eigenvalue weighted by molar-refractivity contribution is 7.89. The number of carbonyl (C=O) groups is 1. The van der Waals surface area contributed by atoms with E-state index in [9.17, 15) is 13.2 Å². The Kier molecular flexibility index (Phi) is 6.19. The number of hydrogen-bond donors (Lipinski definition) is 1. The predicted octanol–water partition coefficient (Wildman–Crippen LogP) is 4.33. The van der Waals surface area contributed by atoms with Gasteiger partial charge in [0.15, 0.2) is 0 Å². The Labute approximate surface area is 165 Å². The monoisotopic (exact) mass is 406 g/mol. The van der Waals surface area contributed by atoms with Crippen LogP contribution in [0.5, 0.6) is 0 Å². The average molecular weight is 407 g/mol. The van der Waals surface area contributed by atoms with Crippen LogP contribution in [0.1, 0.15) is 42.1 Å². The molecule has 1 N–H and O–H groups in total. The van der Waals surface area contributed by atoms with Gasteiger partial charge in [0, 0.05) is 24.3 Å². The first kappa shape index (κ1) is 19.9. The maximum Gasteiger partial charge on any atom is 0.255 e. The van der Waals surface area contributed by atoms with Gasteiger partial charge in [-0.05, 0) is 55.2 Å². The van der Waals surface area contributed by atoms with E-state index in [1.807, 2.05) is 24.3 Å². The van der Waals surface area contributed by atoms with Crippen LogP contribution in [0.4, 0.5) is 5.69 Å². The molecule has 144 valence electrons. The summed E-state index contributed by atoms with van der Waals surface area (Å²) in [5.74, 6) is -0.368. The van der Waals surface area contributed by atoms with Crippen molar-refractivity contribution >= 4 is 33.2 Å². The zero-order valence-corrected chi connectivity index (χ0v) is 16.8. The minimum absolute atomic E-state index is 0.0167. The van der Waals surface area contributed by atoms with E-state index in [2.05, 4.69) is 12.2 Å².